The molecule has 5 rings (SSSR count). The lowest BCUT2D eigenvalue weighted by Crippen LogP contribution is -1.90. The van der Waals surface area contributed by atoms with E-state index in [-0.39, 0.29) is 0 Å². The first-order chi connectivity index (χ1) is 12.2. The van der Waals surface area contributed by atoms with Crippen LogP contribution in [0.2, 0.25) is 0 Å². The summed E-state index contributed by atoms with van der Waals surface area (Å²) in [6.07, 6.45) is 0. The molecule has 0 radical (unpaired) electrons. The van der Waals surface area contributed by atoms with Crippen molar-refractivity contribution in [2.75, 3.05) is 0 Å². The van der Waals surface area contributed by atoms with Gasteiger partial charge in [-0.15, -0.1) is 0 Å². The third kappa shape index (κ3) is 2.24. The molecule has 0 aliphatic heterocycles. The third-order valence-corrected chi connectivity index (χ3v) is 5.58. The van der Waals surface area contributed by atoms with E-state index in [1.54, 1.807) is 6.07 Å². The predicted octanol–water partition coefficient (Wildman–Crippen LogP) is 5.88. The first-order valence-corrected chi connectivity index (χ1v) is 9.20. The molecule has 120 valence electrons. The maximum atomic E-state index is 11.7. The average molecular weight is 342 g/mol. The van der Waals surface area contributed by atoms with Gasteiger partial charge in [0, 0.05) is 5.39 Å². The molecular formula is C22H14O2S. The maximum absolute atomic E-state index is 11.7. The second kappa shape index (κ2) is 5.38. The molecule has 0 heterocycles. The van der Waals surface area contributed by atoms with Crippen LogP contribution in [-0.2, 0) is 11.1 Å². The van der Waals surface area contributed by atoms with Crippen LogP contribution in [0.3, 0.4) is 0 Å². The van der Waals surface area contributed by atoms with Gasteiger partial charge < -0.3 is 4.55 Å². The second-order valence-corrected chi connectivity index (χ2v) is 7.22. The number of rotatable bonds is 1. The molecule has 0 amide bonds. The number of hydrogen-bond donors (Lipinski definition) is 1. The van der Waals surface area contributed by atoms with Crippen molar-refractivity contribution in [3.8, 4) is 0 Å². The van der Waals surface area contributed by atoms with Gasteiger partial charge >= 0.3 is 0 Å². The Morgan fingerprint density at radius 2 is 1.12 bits per heavy atom. The minimum absolute atomic E-state index is 0.456. The molecule has 0 aromatic heterocycles. The van der Waals surface area contributed by atoms with Gasteiger partial charge in [0.1, 0.15) is 0 Å². The summed E-state index contributed by atoms with van der Waals surface area (Å²) >= 11 is -2.00. The topological polar surface area (TPSA) is 37.3 Å². The summed E-state index contributed by atoms with van der Waals surface area (Å²) in [4.78, 5) is 0.456. The van der Waals surface area contributed by atoms with Crippen LogP contribution >= 0.6 is 0 Å². The van der Waals surface area contributed by atoms with Crippen molar-refractivity contribution in [3.05, 3.63) is 78.9 Å². The van der Waals surface area contributed by atoms with Crippen LogP contribution in [0.4, 0.5) is 0 Å². The van der Waals surface area contributed by atoms with Crippen molar-refractivity contribution in [1.82, 2.24) is 0 Å². The third-order valence-electron chi connectivity index (χ3n) is 4.85. The zero-order chi connectivity index (χ0) is 17.0. The fourth-order valence-electron chi connectivity index (χ4n) is 3.65. The molecule has 0 aliphatic rings. The minimum Gasteiger partial charge on any atom is -0.302 e. The van der Waals surface area contributed by atoms with E-state index >= 15 is 0 Å². The van der Waals surface area contributed by atoms with Gasteiger partial charge in [-0.05, 0) is 68.0 Å². The lowest BCUT2D eigenvalue weighted by Gasteiger charge is -2.09. The predicted molar refractivity (Wildman–Crippen MR) is 106 cm³/mol. The van der Waals surface area contributed by atoms with E-state index in [4.69, 9.17) is 0 Å². The van der Waals surface area contributed by atoms with Gasteiger partial charge in [0.25, 0.3) is 0 Å². The van der Waals surface area contributed by atoms with Crippen molar-refractivity contribution < 1.29 is 8.76 Å². The molecule has 5 aromatic carbocycles. The molecule has 0 saturated heterocycles. The first-order valence-electron chi connectivity index (χ1n) is 8.09. The summed E-state index contributed by atoms with van der Waals surface area (Å²) in [6.45, 7) is 0. The molecule has 1 unspecified atom stereocenters. The van der Waals surface area contributed by atoms with E-state index < -0.39 is 11.1 Å². The monoisotopic (exact) mass is 342 g/mol. The van der Waals surface area contributed by atoms with Crippen LogP contribution in [0.5, 0.6) is 0 Å². The zero-order valence-corrected chi connectivity index (χ0v) is 14.1. The Bertz CT molecular complexity index is 1320. The van der Waals surface area contributed by atoms with E-state index in [0.29, 0.717) is 4.90 Å². The van der Waals surface area contributed by atoms with Gasteiger partial charge in [-0.1, -0.05) is 48.5 Å². The highest BCUT2D eigenvalue weighted by Crippen LogP contribution is 2.33. The highest BCUT2D eigenvalue weighted by Gasteiger charge is 2.09. The molecule has 0 spiro atoms. The Labute approximate surface area is 147 Å². The highest BCUT2D eigenvalue weighted by molar-refractivity contribution is 7.79. The summed E-state index contributed by atoms with van der Waals surface area (Å²) in [5.74, 6) is 0. The van der Waals surface area contributed by atoms with Crippen LogP contribution in [0.15, 0.2) is 83.8 Å². The Balaban J connectivity index is 1.98. The Morgan fingerprint density at radius 3 is 1.84 bits per heavy atom. The molecular weight excluding hydrogens is 328 g/mol. The average Bonchev–Trinajstić information content (AvgIpc) is 2.64. The van der Waals surface area contributed by atoms with E-state index in [2.05, 4.69) is 42.5 Å². The van der Waals surface area contributed by atoms with Crippen molar-refractivity contribution in [2.24, 2.45) is 0 Å². The van der Waals surface area contributed by atoms with Crippen LogP contribution in [-0.4, -0.2) is 8.76 Å². The summed E-state index contributed by atoms with van der Waals surface area (Å²) < 4.78 is 21.3. The molecule has 25 heavy (non-hydrogen) atoms. The number of fused-ring (bicyclic) bond motifs is 5. The molecule has 1 N–H and O–H groups in total. The zero-order valence-electron chi connectivity index (χ0n) is 13.3. The fourth-order valence-corrected chi connectivity index (χ4v) is 4.21. The minimum atomic E-state index is -2.00. The highest BCUT2D eigenvalue weighted by atomic mass is 32.2. The van der Waals surface area contributed by atoms with E-state index in [1.807, 2.05) is 30.3 Å². The lowest BCUT2D eigenvalue weighted by molar-refractivity contribution is 0.565. The van der Waals surface area contributed by atoms with Crippen LogP contribution in [0.25, 0.3) is 43.1 Å². The van der Waals surface area contributed by atoms with E-state index in [0.717, 1.165) is 26.9 Å². The molecule has 0 aliphatic carbocycles. The Morgan fingerprint density at radius 1 is 0.560 bits per heavy atom. The fraction of sp³-hybridized carbons (Fsp3) is 0. The van der Waals surface area contributed by atoms with Crippen LogP contribution in [0, 0.1) is 0 Å². The Hall–Kier alpha value is -2.75. The SMILES string of the molecule is O=S(O)c1cccc2cc3ccc4cc5ccccc5cc4c3cc12. The van der Waals surface area contributed by atoms with Gasteiger partial charge in [-0.2, -0.15) is 0 Å². The molecule has 3 heteroatoms. The molecule has 0 fully saturated rings. The quantitative estimate of drug-likeness (QED) is 0.235. The molecule has 5 aromatic rings. The van der Waals surface area contributed by atoms with Crippen molar-refractivity contribution in [1.29, 1.82) is 0 Å². The summed E-state index contributed by atoms with van der Waals surface area (Å²) in [6, 6.07) is 26.6. The summed E-state index contributed by atoms with van der Waals surface area (Å²) in [5.41, 5.74) is 0. The van der Waals surface area contributed by atoms with Gasteiger partial charge in [0.2, 0.25) is 0 Å². The Kier molecular flexibility index (Phi) is 3.14. The van der Waals surface area contributed by atoms with Crippen LogP contribution < -0.4 is 0 Å². The van der Waals surface area contributed by atoms with Gasteiger partial charge in [-0.25, -0.2) is 4.21 Å². The molecule has 2 nitrogen and oxygen atoms in total. The molecule has 0 bridgehead atoms. The smallest absolute Gasteiger partial charge is 0.187 e. The van der Waals surface area contributed by atoms with E-state index in [1.165, 1.54) is 16.2 Å². The lowest BCUT2D eigenvalue weighted by atomic mass is 9.96. The number of benzene rings is 5. The van der Waals surface area contributed by atoms with E-state index in [9.17, 15) is 8.76 Å². The molecule has 0 saturated carbocycles. The van der Waals surface area contributed by atoms with Gasteiger partial charge in [0.15, 0.2) is 11.1 Å². The van der Waals surface area contributed by atoms with Gasteiger partial charge in [-0.3, -0.25) is 0 Å². The normalized spacial score (nSPS) is 13.0. The van der Waals surface area contributed by atoms with Gasteiger partial charge in [0.05, 0.1) is 4.90 Å². The maximum Gasteiger partial charge on any atom is 0.187 e. The standard InChI is InChI=1S/C22H14O2S/c23-25(24)22-7-3-6-16-11-18-9-8-17-10-14-4-1-2-5-15(14)12-19(17)20(18)13-21(16)22/h1-13H,(H,23,24). The van der Waals surface area contributed by atoms with Crippen molar-refractivity contribution >= 4 is 54.2 Å². The van der Waals surface area contributed by atoms with Crippen LogP contribution in [0.1, 0.15) is 0 Å². The van der Waals surface area contributed by atoms with Crippen molar-refractivity contribution in [3.63, 3.8) is 0 Å². The van der Waals surface area contributed by atoms with Crippen molar-refractivity contribution in [2.45, 2.75) is 4.90 Å². The second-order valence-electron chi connectivity index (χ2n) is 6.29. The number of hydrogen-bond acceptors (Lipinski definition) is 1. The summed E-state index contributed by atoms with van der Waals surface area (Å²) in [7, 11) is 0. The first kappa shape index (κ1) is 14.6. The largest absolute Gasteiger partial charge is 0.302 e. The summed E-state index contributed by atoms with van der Waals surface area (Å²) in [5, 5.41) is 8.80. The molecule has 1 atom stereocenters.